The molecule has 0 aliphatic heterocycles. The molecular formula is C15H9F7O2. The van der Waals surface area contributed by atoms with E-state index in [0.717, 1.165) is 0 Å². The van der Waals surface area contributed by atoms with Crippen LogP contribution in [0.1, 0.15) is 5.56 Å². The lowest BCUT2D eigenvalue weighted by molar-refractivity contribution is -0.375. The topological polar surface area (TPSA) is 37.3 Å². The Balaban J connectivity index is 3.55. The van der Waals surface area contributed by atoms with Gasteiger partial charge in [-0.25, -0.2) is 0 Å². The summed E-state index contributed by atoms with van der Waals surface area (Å²) < 4.78 is 90.9. The molecule has 0 aromatic heterocycles. The van der Waals surface area contributed by atoms with Crippen molar-refractivity contribution < 1.29 is 40.6 Å². The van der Waals surface area contributed by atoms with Gasteiger partial charge in [0.2, 0.25) is 5.60 Å². The van der Waals surface area contributed by atoms with Gasteiger partial charge >= 0.3 is 18.0 Å². The van der Waals surface area contributed by atoms with Gasteiger partial charge in [-0.15, -0.1) is 0 Å². The molecule has 0 saturated heterocycles. The Labute approximate surface area is 131 Å². The van der Waals surface area contributed by atoms with E-state index in [9.17, 15) is 40.6 Å². The number of aldehydes is 1. The van der Waals surface area contributed by atoms with Crippen molar-refractivity contribution in [3.05, 3.63) is 48.0 Å². The van der Waals surface area contributed by atoms with Crippen LogP contribution in [0.2, 0.25) is 0 Å². The number of hydrogen-bond acceptors (Lipinski definition) is 2. The molecule has 0 aliphatic rings. The predicted octanol–water partition coefficient (Wildman–Crippen LogP) is 3.36. The molecule has 0 heterocycles. The van der Waals surface area contributed by atoms with Crippen LogP contribution in [0.25, 0.3) is 0 Å². The maximum Gasteiger partial charge on any atom is 0.460 e. The van der Waals surface area contributed by atoms with E-state index >= 15 is 0 Å². The first-order chi connectivity index (χ1) is 10.8. The Hall–Kier alpha value is -2.34. The molecule has 24 heavy (non-hydrogen) atoms. The molecule has 1 aromatic carbocycles. The molecule has 0 spiro atoms. The first-order valence-corrected chi connectivity index (χ1v) is 6.09. The van der Waals surface area contributed by atoms with Crippen molar-refractivity contribution >= 4 is 6.29 Å². The quantitative estimate of drug-likeness (QED) is 0.390. The number of aliphatic hydroxyl groups is 1. The summed E-state index contributed by atoms with van der Waals surface area (Å²) in [5.74, 6) is -9.77. The molecule has 0 bridgehead atoms. The number of rotatable bonds is 4. The SMILES string of the molecule is C=C(C=O)C(O)(C#Cc1ccccc1)C(F)(F)C(F)(F)C(F)(F)F. The molecule has 2 nitrogen and oxygen atoms in total. The minimum Gasteiger partial charge on any atom is -0.368 e. The van der Waals surface area contributed by atoms with E-state index < -0.39 is 35.5 Å². The first kappa shape index (κ1) is 19.7. The van der Waals surface area contributed by atoms with Gasteiger partial charge in [-0.05, 0) is 12.1 Å². The van der Waals surface area contributed by atoms with Gasteiger partial charge in [-0.3, -0.25) is 4.79 Å². The highest BCUT2D eigenvalue weighted by atomic mass is 19.4. The van der Waals surface area contributed by atoms with Crippen molar-refractivity contribution in [1.29, 1.82) is 0 Å². The van der Waals surface area contributed by atoms with Gasteiger partial charge < -0.3 is 5.11 Å². The Morgan fingerprint density at radius 2 is 1.50 bits per heavy atom. The molecule has 1 unspecified atom stereocenters. The molecule has 130 valence electrons. The van der Waals surface area contributed by atoms with Crippen molar-refractivity contribution in [3.8, 4) is 11.8 Å². The third-order valence-corrected chi connectivity index (χ3v) is 2.97. The average molecular weight is 354 g/mol. The normalized spacial score (nSPS) is 15.0. The lowest BCUT2D eigenvalue weighted by Crippen LogP contribution is -2.64. The van der Waals surface area contributed by atoms with E-state index in [0.29, 0.717) is 0 Å². The van der Waals surface area contributed by atoms with Crippen molar-refractivity contribution in [2.24, 2.45) is 0 Å². The maximum absolute atomic E-state index is 13.8. The number of carbonyl (C=O) groups excluding carboxylic acids is 1. The molecule has 0 radical (unpaired) electrons. The minimum atomic E-state index is -6.69. The number of benzene rings is 1. The van der Waals surface area contributed by atoms with Gasteiger partial charge in [-0.1, -0.05) is 36.6 Å². The summed E-state index contributed by atoms with van der Waals surface area (Å²) in [6.45, 7) is 2.62. The first-order valence-electron chi connectivity index (χ1n) is 6.09. The second kappa shape index (κ2) is 6.28. The van der Waals surface area contributed by atoms with Gasteiger partial charge in [-0.2, -0.15) is 30.7 Å². The molecule has 1 atom stereocenters. The highest BCUT2D eigenvalue weighted by molar-refractivity contribution is 5.78. The van der Waals surface area contributed by atoms with Crippen LogP contribution in [0.3, 0.4) is 0 Å². The molecule has 9 heteroatoms. The van der Waals surface area contributed by atoms with E-state index in [4.69, 9.17) is 0 Å². The lowest BCUT2D eigenvalue weighted by atomic mass is 9.84. The molecule has 0 saturated carbocycles. The molecule has 0 aliphatic carbocycles. The minimum absolute atomic E-state index is 0.0688. The Morgan fingerprint density at radius 1 is 1.00 bits per heavy atom. The standard InChI is InChI=1S/C15H9F7O2/c1-10(9-23)12(24,8-7-11-5-3-2-4-6-11)13(16,17)14(18,19)15(20,21)22/h2-6,9,24H,1H2. The van der Waals surface area contributed by atoms with Gasteiger partial charge in [0, 0.05) is 11.1 Å². The Kier molecular flexibility index (Phi) is 5.16. The fourth-order valence-corrected chi connectivity index (χ4v) is 1.54. The maximum atomic E-state index is 13.8. The van der Waals surface area contributed by atoms with Crippen LogP contribution in [0.15, 0.2) is 42.5 Å². The van der Waals surface area contributed by atoms with E-state index in [1.54, 1.807) is 0 Å². The van der Waals surface area contributed by atoms with Crippen LogP contribution in [0, 0.1) is 11.8 Å². The second-order valence-corrected chi connectivity index (χ2v) is 4.62. The number of carbonyl (C=O) groups is 1. The van der Waals surface area contributed by atoms with Crippen LogP contribution in [0.5, 0.6) is 0 Å². The largest absolute Gasteiger partial charge is 0.460 e. The summed E-state index contributed by atoms with van der Waals surface area (Å²) in [4.78, 5) is 10.6. The van der Waals surface area contributed by atoms with Crippen LogP contribution < -0.4 is 0 Å². The van der Waals surface area contributed by atoms with Gasteiger partial charge in [0.05, 0.1) is 0 Å². The average Bonchev–Trinajstić information content (AvgIpc) is 2.51. The van der Waals surface area contributed by atoms with Crippen molar-refractivity contribution in [2.75, 3.05) is 0 Å². The zero-order chi connectivity index (χ0) is 18.8. The molecule has 1 N–H and O–H groups in total. The molecule has 0 amide bonds. The van der Waals surface area contributed by atoms with Crippen LogP contribution in [0.4, 0.5) is 30.7 Å². The monoisotopic (exact) mass is 354 g/mol. The molecule has 0 fully saturated rings. The zero-order valence-corrected chi connectivity index (χ0v) is 11.7. The van der Waals surface area contributed by atoms with E-state index in [-0.39, 0.29) is 5.56 Å². The predicted molar refractivity (Wildman–Crippen MR) is 69.4 cm³/mol. The molecule has 1 aromatic rings. The highest BCUT2D eigenvalue weighted by Crippen LogP contribution is 2.52. The third-order valence-electron chi connectivity index (χ3n) is 2.97. The van der Waals surface area contributed by atoms with Crippen molar-refractivity contribution in [2.45, 2.75) is 23.6 Å². The van der Waals surface area contributed by atoms with E-state index in [1.807, 2.05) is 5.92 Å². The second-order valence-electron chi connectivity index (χ2n) is 4.62. The Bertz CT molecular complexity index is 683. The van der Waals surface area contributed by atoms with Crippen LogP contribution >= 0.6 is 0 Å². The van der Waals surface area contributed by atoms with E-state index in [2.05, 4.69) is 6.58 Å². The third kappa shape index (κ3) is 3.14. The Morgan fingerprint density at radius 3 is 1.92 bits per heavy atom. The summed E-state index contributed by atoms with van der Waals surface area (Å²) in [5.41, 5.74) is -6.13. The number of hydrogen-bond donors (Lipinski definition) is 1. The smallest absolute Gasteiger partial charge is 0.368 e. The summed E-state index contributed by atoms with van der Waals surface area (Å²) in [6.07, 6.45) is -7.26. The zero-order valence-electron chi connectivity index (χ0n) is 11.7. The van der Waals surface area contributed by atoms with Crippen molar-refractivity contribution in [3.63, 3.8) is 0 Å². The summed E-state index contributed by atoms with van der Waals surface area (Å²) >= 11 is 0. The summed E-state index contributed by atoms with van der Waals surface area (Å²) in [6, 6.07) is 6.68. The van der Waals surface area contributed by atoms with Crippen LogP contribution in [-0.2, 0) is 4.79 Å². The highest BCUT2D eigenvalue weighted by Gasteiger charge is 2.80. The molecule has 1 rings (SSSR count). The van der Waals surface area contributed by atoms with Gasteiger partial charge in [0.25, 0.3) is 0 Å². The number of halogens is 7. The fraction of sp³-hybridized carbons (Fsp3) is 0.267. The summed E-state index contributed by atoms with van der Waals surface area (Å²) in [7, 11) is 0. The van der Waals surface area contributed by atoms with Crippen molar-refractivity contribution in [1.82, 2.24) is 0 Å². The van der Waals surface area contributed by atoms with Gasteiger partial charge in [0.1, 0.15) is 6.29 Å². The van der Waals surface area contributed by atoms with Crippen LogP contribution in [-0.4, -0.2) is 35.0 Å². The van der Waals surface area contributed by atoms with E-state index in [1.165, 1.54) is 36.3 Å². The fourth-order valence-electron chi connectivity index (χ4n) is 1.54. The molecular weight excluding hydrogens is 345 g/mol. The van der Waals surface area contributed by atoms with Gasteiger partial charge in [0.15, 0.2) is 0 Å². The lowest BCUT2D eigenvalue weighted by Gasteiger charge is -2.37. The number of alkyl halides is 7. The summed E-state index contributed by atoms with van der Waals surface area (Å²) in [5, 5.41) is 9.73.